The largest absolute Gasteiger partial charge is 0.426 e. The maximum absolute atomic E-state index is 13.8. The number of benzene rings is 2. The van der Waals surface area contributed by atoms with Gasteiger partial charge in [-0.05, 0) is 66.7 Å². The molecule has 3 nitrogen and oxygen atoms in total. The third-order valence-electron chi connectivity index (χ3n) is 7.04. The zero-order chi connectivity index (χ0) is 22.7. The van der Waals surface area contributed by atoms with Crippen molar-refractivity contribution in [2.75, 3.05) is 0 Å². The van der Waals surface area contributed by atoms with Gasteiger partial charge >= 0.3 is 5.97 Å². The number of hydrogen-bond acceptors (Lipinski definition) is 3. The molecule has 0 bridgehead atoms. The standard InChI is InChI=1S/C27H29F2NO2/c1-2-3-4-5-17-6-10-22-18(12-17)7-8-19-13-20(9-11-23(19)22)27(31)32-21-14-25(28)24(16-30)26(29)15-21/h7-8,14-15,17,20H,2-6,9-13H2,1H3/t17-,20-/m0/s1. The number of hydrogen-bond donors (Lipinski definition) is 0. The molecule has 2 aromatic carbocycles. The van der Waals surface area contributed by atoms with Crippen molar-refractivity contribution < 1.29 is 18.3 Å². The van der Waals surface area contributed by atoms with Gasteiger partial charge in [-0.3, -0.25) is 4.79 Å². The Kier molecular flexibility index (Phi) is 6.89. The molecule has 2 aromatic rings. The molecule has 5 heteroatoms. The van der Waals surface area contributed by atoms with Crippen molar-refractivity contribution in [3.05, 3.63) is 63.7 Å². The van der Waals surface area contributed by atoms with Gasteiger partial charge in [-0.2, -0.15) is 5.26 Å². The quantitative estimate of drug-likeness (QED) is 0.306. The van der Waals surface area contributed by atoms with Crippen molar-refractivity contribution in [2.24, 2.45) is 11.8 Å². The van der Waals surface area contributed by atoms with Gasteiger partial charge in [-0.15, -0.1) is 0 Å². The molecule has 4 rings (SSSR count). The number of rotatable bonds is 6. The summed E-state index contributed by atoms with van der Waals surface area (Å²) >= 11 is 0. The summed E-state index contributed by atoms with van der Waals surface area (Å²) < 4.78 is 32.9. The molecule has 2 aliphatic rings. The smallest absolute Gasteiger partial charge is 0.314 e. The van der Waals surface area contributed by atoms with E-state index < -0.39 is 23.2 Å². The average Bonchev–Trinajstić information content (AvgIpc) is 2.78. The van der Waals surface area contributed by atoms with E-state index in [1.807, 2.05) is 0 Å². The van der Waals surface area contributed by atoms with Gasteiger partial charge in [-0.1, -0.05) is 44.7 Å². The molecule has 168 valence electrons. The van der Waals surface area contributed by atoms with Crippen molar-refractivity contribution in [1.82, 2.24) is 0 Å². The van der Waals surface area contributed by atoms with Crippen LogP contribution in [0, 0.1) is 34.8 Å². The van der Waals surface area contributed by atoms with E-state index in [0.717, 1.165) is 37.3 Å². The maximum atomic E-state index is 13.8. The molecule has 0 N–H and O–H groups in total. The predicted octanol–water partition coefficient (Wildman–Crippen LogP) is 6.23. The number of fused-ring (bicyclic) bond motifs is 3. The minimum absolute atomic E-state index is 0.200. The fourth-order valence-electron chi connectivity index (χ4n) is 5.29. The summed E-state index contributed by atoms with van der Waals surface area (Å²) in [5, 5.41) is 8.78. The Bertz CT molecular complexity index is 1030. The second-order valence-electron chi connectivity index (χ2n) is 9.18. The van der Waals surface area contributed by atoms with E-state index in [2.05, 4.69) is 19.1 Å². The predicted molar refractivity (Wildman–Crippen MR) is 118 cm³/mol. The molecule has 0 heterocycles. The normalized spacial score (nSPS) is 19.6. The molecule has 2 atom stereocenters. The topological polar surface area (TPSA) is 50.1 Å². The highest BCUT2D eigenvalue weighted by atomic mass is 19.1. The van der Waals surface area contributed by atoms with Crippen LogP contribution < -0.4 is 4.74 Å². The number of carbonyl (C=O) groups excluding carboxylic acids is 1. The van der Waals surface area contributed by atoms with Crippen LogP contribution in [0.3, 0.4) is 0 Å². The first-order valence-corrected chi connectivity index (χ1v) is 11.7. The SMILES string of the molecule is CCCCC[C@H]1CCc2c(ccc3c2CC[C@H](C(=O)Oc2cc(F)c(C#N)c(F)c2)C3)C1. The fraction of sp³-hybridized carbons (Fsp3) is 0.481. The minimum atomic E-state index is -1.02. The number of esters is 1. The number of halogens is 2. The van der Waals surface area contributed by atoms with E-state index in [1.165, 1.54) is 60.4 Å². The van der Waals surface area contributed by atoms with E-state index in [-0.39, 0.29) is 11.7 Å². The van der Waals surface area contributed by atoms with Gasteiger partial charge in [0.1, 0.15) is 29.0 Å². The average molecular weight is 438 g/mol. The lowest BCUT2D eigenvalue weighted by atomic mass is 9.74. The van der Waals surface area contributed by atoms with Crippen LogP contribution in [-0.2, 0) is 30.5 Å². The first-order valence-electron chi connectivity index (χ1n) is 11.7. The molecule has 2 aliphatic carbocycles. The lowest BCUT2D eigenvalue weighted by Crippen LogP contribution is -2.28. The van der Waals surface area contributed by atoms with Crippen molar-refractivity contribution in [1.29, 1.82) is 5.26 Å². The summed E-state index contributed by atoms with van der Waals surface area (Å²) in [6.07, 6.45) is 10.8. The van der Waals surface area contributed by atoms with E-state index in [9.17, 15) is 13.6 Å². The van der Waals surface area contributed by atoms with E-state index in [0.29, 0.717) is 12.8 Å². The summed E-state index contributed by atoms with van der Waals surface area (Å²) in [5.41, 5.74) is 4.87. The van der Waals surface area contributed by atoms with Crippen molar-refractivity contribution in [3.8, 4) is 11.8 Å². The Hall–Kier alpha value is -2.74. The van der Waals surface area contributed by atoms with E-state index in [1.54, 1.807) is 0 Å². The number of nitrogens with zero attached hydrogens (tertiary/aromatic N) is 1. The zero-order valence-corrected chi connectivity index (χ0v) is 18.6. The summed E-state index contributed by atoms with van der Waals surface area (Å²) in [5.74, 6) is -2.28. The molecule has 0 saturated heterocycles. The first-order chi connectivity index (χ1) is 15.5. The van der Waals surface area contributed by atoms with Crippen LogP contribution in [-0.4, -0.2) is 5.97 Å². The molecule has 0 radical (unpaired) electrons. The first kappa shape index (κ1) is 22.5. The van der Waals surface area contributed by atoms with Gasteiger partial charge in [0.05, 0.1) is 5.92 Å². The van der Waals surface area contributed by atoms with Crippen LogP contribution in [0.4, 0.5) is 8.78 Å². The molecule has 0 aromatic heterocycles. The number of nitriles is 1. The van der Waals surface area contributed by atoms with Crippen molar-refractivity contribution in [3.63, 3.8) is 0 Å². The van der Waals surface area contributed by atoms with Gasteiger partial charge in [0, 0.05) is 12.1 Å². The molecule has 0 fully saturated rings. The monoisotopic (exact) mass is 437 g/mol. The van der Waals surface area contributed by atoms with Crippen LogP contribution in [0.15, 0.2) is 24.3 Å². The van der Waals surface area contributed by atoms with Gasteiger partial charge in [0.2, 0.25) is 0 Å². The number of ether oxygens (including phenoxy) is 1. The van der Waals surface area contributed by atoms with Gasteiger partial charge < -0.3 is 4.74 Å². The molecule has 0 spiro atoms. The van der Waals surface area contributed by atoms with E-state index >= 15 is 0 Å². The Balaban J connectivity index is 1.42. The highest BCUT2D eigenvalue weighted by Crippen LogP contribution is 2.37. The number of unbranched alkanes of at least 4 members (excludes halogenated alkanes) is 2. The van der Waals surface area contributed by atoms with Gasteiger partial charge in [-0.25, -0.2) is 8.78 Å². The van der Waals surface area contributed by atoms with Crippen LogP contribution >= 0.6 is 0 Å². The van der Waals surface area contributed by atoms with Gasteiger partial charge in [0.25, 0.3) is 0 Å². The Morgan fingerprint density at radius 1 is 1.06 bits per heavy atom. The Morgan fingerprint density at radius 3 is 2.38 bits per heavy atom. The molecular formula is C27H29F2NO2. The van der Waals surface area contributed by atoms with Crippen molar-refractivity contribution in [2.45, 2.75) is 71.1 Å². The van der Waals surface area contributed by atoms with Crippen LogP contribution in [0.2, 0.25) is 0 Å². The summed E-state index contributed by atoms with van der Waals surface area (Å²) in [6.45, 7) is 2.24. The third kappa shape index (κ3) is 4.70. The lowest BCUT2D eigenvalue weighted by Gasteiger charge is -2.31. The highest BCUT2D eigenvalue weighted by Gasteiger charge is 2.30. The second kappa shape index (κ2) is 9.81. The van der Waals surface area contributed by atoms with Crippen LogP contribution in [0.5, 0.6) is 5.75 Å². The molecule has 0 unspecified atom stereocenters. The highest BCUT2D eigenvalue weighted by molar-refractivity contribution is 5.76. The molecule has 0 amide bonds. The molecule has 32 heavy (non-hydrogen) atoms. The summed E-state index contributed by atoms with van der Waals surface area (Å²) in [4.78, 5) is 12.7. The minimum Gasteiger partial charge on any atom is -0.426 e. The Morgan fingerprint density at radius 2 is 1.72 bits per heavy atom. The fourth-order valence-corrected chi connectivity index (χ4v) is 5.29. The van der Waals surface area contributed by atoms with Gasteiger partial charge in [0.15, 0.2) is 0 Å². The van der Waals surface area contributed by atoms with Crippen molar-refractivity contribution >= 4 is 5.97 Å². The number of carbonyl (C=O) groups is 1. The van der Waals surface area contributed by atoms with Crippen LogP contribution in [0.25, 0.3) is 0 Å². The third-order valence-corrected chi connectivity index (χ3v) is 7.04. The zero-order valence-electron chi connectivity index (χ0n) is 18.6. The summed E-state index contributed by atoms with van der Waals surface area (Å²) in [7, 11) is 0. The lowest BCUT2D eigenvalue weighted by molar-refractivity contribution is -0.139. The van der Waals surface area contributed by atoms with Crippen LogP contribution in [0.1, 0.15) is 73.3 Å². The van der Waals surface area contributed by atoms with E-state index in [4.69, 9.17) is 10.00 Å². The molecular weight excluding hydrogens is 408 g/mol. The summed E-state index contributed by atoms with van der Waals surface area (Å²) in [6, 6.07) is 7.64. The Labute approximate surface area is 188 Å². The maximum Gasteiger partial charge on any atom is 0.314 e. The molecule has 0 aliphatic heterocycles. The second-order valence-corrected chi connectivity index (χ2v) is 9.18. The molecule has 0 saturated carbocycles.